The van der Waals surface area contributed by atoms with Gasteiger partial charge in [0, 0.05) is 12.1 Å². The van der Waals surface area contributed by atoms with Crippen molar-refractivity contribution in [2.75, 3.05) is 6.54 Å². The van der Waals surface area contributed by atoms with Crippen LogP contribution >= 0.6 is 0 Å². The quantitative estimate of drug-likeness (QED) is 0.868. The number of nitriles is 1. The molecule has 2 atom stereocenters. The van der Waals surface area contributed by atoms with Crippen LogP contribution in [0.3, 0.4) is 0 Å². The molecular weight excluding hydrogens is 212 g/mol. The molecule has 1 aliphatic rings. The van der Waals surface area contributed by atoms with Crippen molar-refractivity contribution < 1.29 is 0 Å². The van der Waals surface area contributed by atoms with Crippen molar-refractivity contribution in [2.45, 2.75) is 51.6 Å². The molecule has 1 heterocycles. The lowest BCUT2D eigenvalue weighted by Crippen LogP contribution is -2.41. The Morgan fingerprint density at radius 1 is 1.65 bits per heavy atom. The van der Waals surface area contributed by atoms with Gasteiger partial charge in [-0.05, 0) is 39.3 Å². The Bertz CT molecular complexity index is 443. The number of hydrogen-bond donors (Lipinski definition) is 1. The first-order valence-electron chi connectivity index (χ1n) is 6.29. The van der Waals surface area contributed by atoms with Crippen LogP contribution in [0.5, 0.6) is 0 Å². The van der Waals surface area contributed by atoms with Gasteiger partial charge < -0.3 is 0 Å². The lowest BCUT2D eigenvalue weighted by Gasteiger charge is -2.22. The summed E-state index contributed by atoms with van der Waals surface area (Å²) in [5.41, 5.74) is 1.91. The van der Waals surface area contributed by atoms with Gasteiger partial charge in [-0.15, -0.1) is 0 Å². The lowest BCUT2D eigenvalue weighted by molar-refractivity contribution is 0.391. The molecule has 0 amide bonds. The normalized spacial score (nSPS) is 28.2. The summed E-state index contributed by atoms with van der Waals surface area (Å²) in [7, 11) is 0. The molecule has 0 aromatic carbocycles. The van der Waals surface area contributed by atoms with Crippen molar-refractivity contribution >= 4 is 0 Å². The third-order valence-corrected chi connectivity index (χ3v) is 3.61. The molecule has 1 aromatic heterocycles. The minimum atomic E-state index is -0.342. The minimum absolute atomic E-state index is 0.342. The van der Waals surface area contributed by atoms with Crippen molar-refractivity contribution in [1.29, 1.82) is 5.26 Å². The number of hydrogen-bond acceptors (Lipinski definition) is 3. The Labute approximate surface area is 103 Å². The third kappa shape index (κ3) is 2.20. The van der Waals surface area contributed by atoms with E-state index in [1.807, 2.05) is 6.92 Å². The molecule has 0 aliphatic heterocycles. The predicted octanol–water partition coefficient (Wildman–Crippen LogP) is 2.10. The Hall–Kier alpha value is -1.34. The first-order chi connectivity index (χ1) is 8.10. The van der Waals surface area contributed by atoms with Gasteiger partial charge in [-0.3, -0.25) is 10.00 Å². The van der Waals surface area contributed by atoms with Gasteiger partial charge in [-0.1, -0.05) is 6.92 Å². The Kier molecular flexibility index (Phi) is 3.21. The van der Waals surface area contributed by atoms with Gasteiger partial charge in [0.1, 0.15) is 5.54 Å². The second kappa shape index (κ2) is 4.50. The molecule has 0 spiro atoms. The highest BCUT2D eigenvalue weighted by molar-refractivity contribution is 5.15. The first kappa shape index (κ1) is 12.1. The average molecular weight is 232 g/mol. The zero-order chi connectivity index (χ0) is 12.5. The number of rotatable bonds is 3. The van der Waals surface area contributed by atoms with Gasteiger partial charge in [-0.25, -0.2) is 0 Å². The van der Waals surface area contributed by atoms with Gasteiger partial charge in [-0.2, -0.15) is 10.4 Å². The van der Waals surface area contributed by atoms with Crippen LogP contribution in [0.25, 0.3) is 0 Å². The van der Waals surface area contributed by atoms with E-state index in [-0.39, 0.29) is 5.54 Å². The molecule has 1 aromatic rings. The molecular formula is C13H20N4. The largest absolute Gasteiger partial charge is 0.300 e. The van der Waals surface area contributed by atoms with E-state index >= 15 is 0 Å². The number of aromatic nitrogens is 2. The fourth-order valence-electron chi connectivity index (χ4n) is 2.88. The lowest BCUT2D eigenvalue weighted by atomic mass is 9.99. The van der Waals surface area contributed by atoms with E-state index in [4.69, 9.17) is 0 Å². The van der Waals surface area contributed by atoms with E-state index in [0.717, 1.165) is 31.5 Å². The van der Waals surface area contributed by atoms with Crippen LogP contribution in [-0.2, 0) is 0 Å². The molecule has 1 aliphatic carbocycles. The molecule has 17 heavy (non-hydrogen) atoms. The van der Waals surface area contributed by atoms with Crippen LogP contribution in [0, 0.1) is 25.2 Å². The second-order valence-electron chi connectivity index (χ2n) is 4.99. The summed E-state index contributed by atoms with van der Waals surface area (Å²) in [5.74, 6) is 0. The minimum Gasteiger partial charge on any atom is -0.300 e. The predicted molar refractivity (Wildman–Crippen MR) is 66.6 cm³/mol. The maximum absolute atomic E-state index is 9.34. The first-order valence-corrected chi connectivity index (χ1v) is 6.29. The van der Waals surface area contributed by atoms with Gasteiger partial charge in [0.25, 0.3) is 0 Å². The van der Waals surface area contributed by atoms with Crippen LogP contribution in [0.15, 0.2) is 6.07 Å². The average Bonchev–Trinajstić information content (AvgIpc) is 2.84. The van der Waals surface area contributed by atoms with Crippen LogP contribution in [-0.4, -0.2) is 21.9 Å². The fourth-order valence-corrected chi connectivity index (χ4v) is 2.88. The summed E-state index contributed by atoms with van der Waals surface area (Å²) in [6.07, 6.45) is 2.81. The number of nitrogens with one attached hydrogen (secondary N) is 1. The molecule has 1 fully saturated rings. The van der Waals surface area contributed by atoms with Crippen LogP contribution in [0.1, 0.15) is 43.6 Å². The topological polar surface area (TPSA) is 53.6 Å². The maximum atomic E-state index is 9.34. The van der Waals surface area contributed by atoms with E-state index in [9.17, 15) is 5.26 Å². The van der Waals surface area contributed by atoms with Crippen molar-refractivity contribution in [3.05, 3.63) is 17.5 Å². The fraction of sp³-hybridized carbons (Fsp3) is 0.692. The zero-order valence-electron chi connectivity index (χ0n) is 10.8. The van der Waals surface area contributed by atoms with E-state index in [2.05, 4.69) is 41.1 Å². The van der Waals surface area contributed by atoms with Crippen LogP contribution in [0.2, 0.25) is 0 Å². The highest BCUT2D eigenvalue weighted by Crippen LogP contribution is 2.37. The summed E-state index contributed by atoms with van der Waals surface area (Å²) < 4.78 is 2.09. The molecule has 0 radical (unpaired) electrons. The van der Waals surface area contributed by atoms with Crippen LogP contribution in [0.4, 0.5) is 0 Å². The standard InChI is InChI=1S/C13H20N4/c1-4-15-13(9-14)6-5-12(8-13)17-11(3)7-10(2)16-17/h7,12,15H,4-6,8H2,1-3H3. The van der Waals surface area contributed by atoms with Gasteiger partial charge in [0.2, 0.25) is 0 Å². The summed E-state index contributed by atoms with van der Waals surface area (Å²) in [6, 6.07) is 4.91. The third-order valence-electron chi connectivity index (χ3n) is 3.61. The van der Waals surface area contributed by atoms with Gasteiger partial charge in [0.15, 0.2) is 0 Å². The Morgan fingerprint density at radius 2 is 2.41 bits per heavy atom. The van der Waals surface area contributed by atoms with Crippen LogP contribution < -0.4 is 5.32 Å². The molecule has 0 bridgehead atoms. The molecule has 1 N–H and O–H groups in total. The van der Waals surface area contributed by atoms with E-state index in [0.29, 0.717) is 6.04 Å². The highest BCUT2D eigenvalue weighted by Gasteiger charge is 2.40. The Morgan fingerprint density at radius 3 is 2.94 bits per heavy atom. The summed E-state index contributed by atoms with van der Waals surface area (Å²) in [5, 5.41) is 17.2. The molecule has 0 saturated heterocycles. The van der Waals surface area contributed by atoms with Crippen molar-refractivity contribution in [1.82, 2.24) is 15.1 Å². The number of nitrogens with zero attached hydrogens (tertiary/aromatic N) is 3. The zero-order valence-corrected chi connectivity index (χ0v) is 10.8. The van der Waals surface area contributed by atoms with Crippen molar-refractivity contribution in [3.8, 4) is 6.07 Å². The van der Waals surface area contributed by atoms with Crippen molar-refractivity contribution in [3.63, 3.8) is 0 Å². The highest BCUT2D eigenvalue weighted by atomic mass is 15.3. The molecule has 2 unspecified atom stereocenters. The Balaban J connectivity index is 2.17. The molecule has 1 saturated carbocycles. The smallest absolute Gasteiger partial charge is 0.108 e. The van der Waals surface area contributed by atoms with Gasteiger partial charge in [0.05, 0.1) is 17.8 Å². The number of aryl methyl sites for hydroxylation is 2. The SMILES string of the molecule is CCNC1(C#N)CCC(n2nc(C)cc2C)C1. The second-order valence-corrected chi connectivity index (χ2v) is 4.99. The van der Waals surface area contributed by atoms with E-state index in [1.54, 1.807) is 0 Å². The molecule has 4 nitrogen and oxygen atoms in total. The monoisotopic (exact) mass is 232 g/mol. The summed E-state index contributed by atoms with van der Waals surface area (Å²) in [6.45, 7) is 6.99. The van der Waals surface area contributed by atoms with E-state index < -0.39 is 0 Å². The maximum Gasteiger partial charge on any atom is 0.108 e. The van der Waals surface area contributed by atoms with Crippen molar-refractivity contribution in [2.24, 2.45) is 0 Å². The summed E-state index contributed by atoms with van der Waals surface area (Å²) in [4.78, 5) is 0. The summed E-state index contributed by atoms with van der Waals surface area (Å²) >= 11 is 0. The van der Waals surface area contributed by atoms with Gasteiger partial charge >= 0.3 is 0 Å². The molecule has 2 rings (SSSR count). The molecule has 92 valence electrons. The molecule has 4 heteroatoms. The van der Waals surface area contributed by atoms with E-state index in [1.165, 1.54) is 5.69 Å².